The van der Waals surface area contributed by atoms with Crippen LogP contribution < -0.4 is 10.0 Å². The van der Waals surface area contributed by atoms with Crippen molar-refractivity contribution >= 4 is 22.4 Å². The van der Waals surface area contributed by atoms with E-state index in [1.54, 1.807) is 12.1 Å². The maximum atomic E-state index is 12.4. The minimum absolute atomic E-state index is 0. The summed E-state index contributed by atoms with van der Waals surface area (Å²) in [5.41, 5.74) is 1.19. The van der Waals surface area contributed by atoms with Gasteiger partial charge in [0, 0.05) is 13.1 Å². The first kappa shape index (κ1) is 20.4. The maximum absolute atomic E-state index is 12.4. The number of benzene rings is 1. The van der Waals surface area contributed by atoms with Crippen LogP contribution in [0.2, 0.25) is 0 Å². The van der Waals surface area contributed by atoms with Crippen LogP contribution in [0.25, 0.3) is 0 Å². The fraction of sp³-hybridized carbons (Fsp3) is 0.647. The molecule has 2 atom stereocenters. The van der Waals surface area contributed by atoms with Gasteiger partial charge in [-0.1, -0.05) is 32.9 Å². The first-order chi connectivity index (χ1) is 10.4. The Bertz CT molecular complexity index is 581. The topological polar surface area (TPSA) is 58.2 Å². The van der Waals surface area contributed by atoms with Crippen LogP contribution in [0, 0.1) is 5.41 Å². The molecule has 2 rings (SSSR count). The van der Waals surface area contributed by atoms with Crippen LogP contribution in [0.1, 0.15) is 51.5 Å². The van der Waals surface area contributed by atoms with Gasteiger partial charge in [-0.2, -0.15) is 0 Å². The van der Waals surface area contributed by atoms with Crippen molar-refractivity contribution in [2.75, 3.05) is 19.6 Å². The standard InChI is InChI=1S/C17H28N2O2S.ClH/c1-4-14(2)15-6-8-16(9-7-15)22(20,21)19-13-17(3)10-5-11-18-12-17;/h6-9,14,18-19H,4-5,10-13H2,1-3H3;1H. The minimum atomic E-state index is -3.42. The second-order valence-electron chi connectivity index (χ2n) is 6.79. The summed E-state index contributed by atoms with van der Waals surface area (Å²) in [6.45, 7) is 8.79. The second kappa shape index (κ2) is 8.47. The molecule has 1 aliphatic heterocycles. The van der Waals surface area contributed by atoms with Crippen LogP contribution in [-0.4, -0.2) is 28.1 Å². The molecule has 6 heteroatoms. The maximum Gasteiger partial charge on any atom is 0.240 e. The van der Waals surface area contributed by atoms with Gasteiger partial charge in [-0.05, 0) is 54.8 Å². The number of hydrogen-bond acceptors (Lipinski definition) is 3. The molecule has 4 nitrogen and oxygen atoms in total. The molecule has 1 fully saturated rings. The van der Waals surface area contributed by atoms with E-state index in [0.29, 0.717) is 17.4 Å². The lowest BCUT2D eigenvalue weighted by molar-refractivity contribution is 0.238. The summed E-state index contributed by atoms with van der Waals surface area (Å²) in [6, 6.07) is 7.27. The van der Waals surface area contributed by atoms with Gasteiger partial charge >= 0.3 is 0 Å². The van der Waals surface area contributed by atoms with Gasteiger partial charge in [0.15, 0.2) is 0 Å². The van der Waals surface area contributed by atoms with Crippen LogP contribution in [0.3, 0.4) is 0 Å². The molecular formula is C17H29ClN2O2S. The largest absolute Gasteiger partial charge is 0.316 e. The van der Waals surface area contributed by atoms with Gasteiger partial charge < -0.3 is 5.32 Å². The quantitative estimate of drug-likeness (QED) is 0.818. The first-order valence-corrected chi connectivity index (χ1v) is 9.65. The van der Waals surface area contributed by atoms with Crippen LogP contribution in [0.4, 0.5) is 0 Å². The zero-order chi connectivity index (χ0) is 16.2. The molecule has 0 saturated carbocycles. The van der Waals surface area contributed by atoms with E-state index in [-0.39, 0.29) is 17.8 Å². The van der Waals surface area contributed by atoms with Crippen LogP contribution in [0.5, 0.6) is 0 Å². The highest BCUT2D eigenvalue weighted by Crippen LogP contribution is 2.25. The molecule has 2 unspecified atom stereocenters. The fourth-order valence-electron chi connectivity index (χ4n) is 2.83. The Balaban J connectivity index is 0.00000264. The van der Waals surface area contributed by atoms with Gasteiger partial charge in [-0.15, -0.1) is 12.4 Å². The van der Waals surface area contributed by atoms with Crippen molar-refractivity contribution in [2.24, 2.45) is 5.41 Å². The molecule has 0 amide bonds. The normalized spacial score (nSPS) is 23.1. The highest BCUT2D eigenvalue weighted by atomic mass is 35.5. The molecule has 23 heavy (non-hydrogen) atoms. The van der Waals surface area contributed by atoms with Crippen LogP contribution in [0.15, 0.2) is 29.2 Å². The number of piperidine rings is 1. The third-order valence-electron chi connectivity index (χ3n) is 4.75. The Labute approximate surface area is 146 Å². The smallest absolute Gasteiger partial charge is 0.240 e. The minimum Gasteiger partial charge on any atom is -0.316 e. The molecule has 1 aromatic rings. The van der Waals surface area contributed by atoms with E-state index in [4.69, 9.17) is 0 Å². The number of hydrogen-bond donors (Lipinski definition) is 2. The highest BCUT2D eigenvalue weighted by Gasteiger charge is 2.28. The molecule has 0 spiro atoms. The zero-order valence-electron chi connectivity index (χ0n) is 14.3. The van der Waals surface area contributed by atoms with Crippen LogP contribution in [-0.2, 0) is 10.0 Å². The third-order valence-corrected chi connectivity index (χ3v) is 6.16. The molecular weight excluding hydrogens is 332 g/mol. The van der Waals surface area contributed by atoms with Gasteiger partial charge in [0.1, 0.15) is 0 Å². The lowest BCUT2D eigenvalue weighted by atomic mass is 9.83. The van der Waals surface area contributed by atoms with Crippen molar-refractivity contribution < 1.29 is 8.42 Å². The van der Waals surface area contributed by atoms with E-state index in [1.165, 1.54) is 5.56 Å². The lowest BCUT2D eigenvalue weighted by Crippen LogP contribution is -2.45. The summed E-state index contributed by atoms with van der Waals surface area (Å²) in [5.74, 6) is 0.455. The average molecular weight is 361 g/mol. The molecule has 0 aliphatic carbocycles. The van der Waals surface area contributed by atoms with Crippen molar-refractivity contribution in [1.29, 1.82) is 0 Å². The summed E-state index contributed by atoms with van der Waals surface area (Å²) in [4.78, 5) is 0.354. The van der Waals surface area contributed by atoms with Crippen molar-refractivity contribution in [3.63, 3.8) is 0 Å². The van der Waals surface area contributed by atoms with Crippen molar-refractivity contribution in [2.45, 2.75) is 50.8 Å². The molecule has 132 valence electrons. The molecule has 0 bridgehead atoms. The number of nitrogens with one attached hydrogen (secondary N) is 2. The van der Waals surface area contributed by atoms with Gasteiger partial charge in [0.2, 0.25) is 10.0 Å². The predicted octanol–water partition coefficient (Wildman–Crippen LogP) is 3.29. The summed E-state index contributed by atoms with van der Waals surface area (Å²) in [5, 5.41) is 3.34. The number of sulfonamides is 1. The molecule has 2 N–H and O–H groups in total. The summed E-state index contributed by atoms with van der Waals surface area (Å²) < 4.78 is 27.7. The van der Waals surface area contributed by atoms with E-state index < -0.39 is 10.0 Å². The Hall–Kier alpha value is -0.620. The van der Waals surface area contributed by atoms with Gasteiger partial charge in [0.05, 0.1) is 4.90 Å². The Morgan fingerprint density at radius 3 is 2.48 bits per heavy atom. The molecule has 0 aromatic heterocycles. The fourth-order valence-corrected chi connectivity index (χ4v) is 4.03. The van der Waals surface area contributed by atoms with E-state index in [2.05, 4.69) is 30.8 Å². The van der Waals surface area contributed by atoms with E-state index in [9.17, 15) is 8.42 Å². The zero-order valence-corrected chi connectivity index (χ0v) is 15.9. The van der Waals surface area contributed by atoms with Crippen molar-refractivity contribution in [1.82, 2.24) is 10.0 Å². The number of rotatable bonds is 6. The number of halogens is 1. The Morgan fingerprint density at radius 1 is 1.30 bits per heavy atom. The van der Waals surface area contributed by atoms with Gasteiger partial charge in [-0.25, -0.2) is 13.1 Å². The summed E-state index contributed by atoms with van der Waals surface area (Å²) in [6.07, 6.45) is 3.20. The predicted molar refractivity (Wildman–Crippen MR) is 97.8 cm³/mol. The van der Waals surface area contributed by atoms with E-state index in [0.717, 1.165) is 32.4 Å². The van der Waals surface area contributed by atoms with Gasteiger partial charge in [-0.3, -0.25) is 0 Å². The SMILES string of the molecule is CCC(C)c1ccc(S(=O)(=O)NCC2(C)CCCNC2)cc1.Cl. The summed E-state index contributed by atoms with van der Waals surface area (Å²) in [7, 11) is -3.42. The van der Waals surface area contributed by atoms with Crippen molar-refractivity contribution in [3.8, 4) is 0 Å². The molecule has 1 aliphatic rings. The molecule has 1 saturated heterocycles. The monoisotopic (exact) mass is 360 g/mol. The van der Waals surface area contributed by atoms with E-state index in [1.807, 2.05) is 12.1 Å². The van der Waals surface area contributed by atoms with E-state index >= 15 is 0 Å². The first-order valence-electron chi connectivity index (χ1n) is 8.17. The van der Waals surface area contributed by atoms with Crippen molar-refractivity contribution in [3.05, 3.63) is 29.8 Å². The molecule has 1 heterocycles. The average Bonchev–Trinajstić information content (AvgIpc) is 2.53. The Morgan fingerprint density at radius 2 is 1.96 bits per heavy atom. The third kappa shape index (κ3) is 5.45. The summed E-state index contributed by atoms with van der Waals surface area (Å²) >= 11 is 0. The van der Waals surface area contributed by atoms with Crippen LogP contribution >= 0.6 is 12.4 Å². The molecule has 0 radical (unpaired) electrons. The lowest BCUT2D eigenvalue weighted by Gasteiger charge is -2.34. The molecule has 1 aromatic carbocycles. The Kier molecular flexibility index (Phi) is 7.52. The highest BCUT2D eigenvalue weighted by molar-refractivity contribution is 7.89. The second-order valence-corrected chi connectivity index (χ2v) is 8.56. The van der Waals surface area contributed by atoms with Gasteiger partial charge in [0.25, 0.3) is 0 Å².